The summed E-state index contributed by atoms with van der Waals surface area (Å²) in [6.07, 6.45) is 3.37. The van der Waals surface area contributed by atoms with Crippen LogP contribution in [0.3, 0.4) is 0 Å². The molecule has 0 spiro atoms. The summed E-state index contributed by atoms with van der Waals surface area (Å²) in [6.45, 7) is 3.89. The van der Waals surface area contributed by atoms with Crippen LogP contribution in [0.5, 0.6) is 0 Å². The molecule has 19 heavy (non-hydrogen) atoms. The van der Waals surface area contributed by atoms with E-state index >= 15 is 0 Å². The molecule has 0 radical (unpaired) electrons. The molecule has 0 aliphatic carbocycles. The van der Waals surface area contributed by atoms with Gasteiger partial charge < -0.3 is 5.32 Å². The lowest BCUT2D eigenvalue weighted by atomic mass is 9.99. The van der Waals surface area contributed by atoms with Crippen molar-refractivity contribution in [1.29, 1.82) is 0 Å². The lowest BCUT2D eigenvalue weighted by molar-refractivity contribution is 0.619. The molecular weight excluding hydrogens is 241 g/mol. The normalized spacial score (nSPS) is 10.5. The van der Waals surface area contributed by atoms with Gasteiger partial charge in [0.05, 0.1) is 5.69 Å². The standard InChI is InChI=1S/C15H18FN3/c1-4-6-12-14(18-9-19-15(12)17-3)11-7-5-8-13(16)10(11)2/h5,7-9H,4,6H2,1-3H3,(H,17,18,19). The first-order valence-electron chi connectivity index (χ1n) is 6.46. The van der Waals surface area contributed by atoms with Gasteiger partial charge in [0.25, 0.3) is 0 Å². The van der Waals surface area contributed by atoms with Crippen LogP contribution in [-0.4, -0.2) is 17.0 Å². The fourth-order valence-corrected chi connectivity index (χ4v) is 2.21. The third-order valence-electron chi connectivity index (χ3n) is 3.20. The summed E-state index contributed by atoms with van der Waals surface area (Å²) < 4.78 is 13.7. The molecule has 1 aromatic carbocycles. The molecule has 0 unspecified atom stereocenters. The van der Waals surface area contributed by atoms with Crippen LogP contribution >= 0.6 is 0 Å². The molecular formula is C15H18FN3. The largest absolute Gasteiger partial charge is 0.373 e. The molecule has 1 N–H and O–H groups in total. The number of rotatable bonds is 4. The Morgan fingerprint density at radius 3 is 2.74 bits per heavy atom. The molecule has 0 aliphatic rings. The first kappa shape index (κ1) is 13.5. The van der Waals surface area contributed by atoms with Gasteiger partial charge in [0.2, 0.25) is 0 Å². The lowest BCUT2D eigenvalue weighted by Gasteiger charge is -2.14. The minimum Gasteiger partial charge on any atom is -0.373 e. The van der Waals surface area contributed by atoms with Crippen LogP contribution in [0.15, 0.2) is 24.5 Å². The Kier molecular flexibility index (Phi) is 4.10. The molecule has 3 nitrogen and oxygen atoms in total. The second-order valence-corrected chi connectivity index (χ2v) is 4.46. The van der Waals surface area contributed by atoms with Gasteiger partial charge in [-0.1, -0.05) is 25.5 Å². The molecule has 1 heterocycles. The van der Waals surface area contributed by atoms with E-state index in [-0.39, 0.29) is 5.82 Å². The molecule has 0 saturated carbocycles. The van der Waals surface area contributed by atoms with Gasteiger partial charge >= 0.3 is 0 Å². The van der Waals surface area contributed by atoms with E-state index in [1.165, 1.54) is 12.4 Å². The van der Waals surface area contributed by atoms with E-state index < -0.39 is 0 Å². The fraction of sp³-hybridized carbons (Fsp3) is 0.333. The van der Waals surface area contributed by atoms with Crippen LogP contribution < -0.4 is 5.32 Å². The van der Waals surface area contributed by atoms with E-state index in [9.17, 15) is 4.39 Å². The first-order valence-corrected chi connectivity index (χ1v) is 6.46. The summed E-state index contributed by atoms with van der Waals surface area (Å²) in [7, 11) is 1.84. The molecule has 4 heteroatoms. The maximum Gasteiger partial charge on any atom is 0.132 e. The maximum atomic E-state index is 13.7. The van der Waals surface area contributed by atoms with Gasteiger partial charge in [-0.25, -0.2) is 14.4 Å². The number of benzene rings is 1. The van der Waals surface area contributed by atoms with Crippen LogP contribution in [0.25, 0.3) is 11.3 Å². The van der Waals surface area contributed by atoms with Crippen LogP contribution in [0.2, 0.25) is 0 Å². The number of nitrogens with one attached hydrogen (secondary N) is 1. The van der Waals surface area contributed by atoms with Crippen molar-refractivity contribution in [2.45, 2.75) is 26.7 Å². The molecule has 0 bridgehead atoms. The highest BCUT2D eigenvalue weighted by molar-refractivity contribution is 5.71. The lowest BCUT2D eigenvalue weighted by Crippen LogP contribution is -2.04. The summed E-state index contributed by atoms with van der Waals surface area (Å²) in [5.74, 6) is 0.611. The zero-order chi connectivity index (χ0) is 13.8. The third kappa shape index (κ3) is 2.57. The summed E-state index contributed by atoms with van der Waals surface area (Å²) in [6, 6.07) is 5.09. The van der Waals surface area contributed by atoms with Crippen LogP contribution in [-0.2, 0) is 6.42 Å². The van der Waals surface area contributed by atoms with E-state index in [4.69, 9.17) is 0 Å². The van der Waals surface area contributed by atoms with Crippen molar-refractivity contribution in [2.24, 2.45) is 0 Å². The Labute approximate surface area is 112 Å². The van der Waals surface area contributed by atoms with E-state index in [1.807, 2.05) is 13.1 Å². The molecule has 0 saturated heterocycles. The number of hydrogen-bond acceptors (Lipinski definition) is 3. The van der Waals surface area contributed by atoms with Crippen LogP contribution in [0.4, 0.5) is 10.2 Å². The Balaban J connectivity index is 2.64. The zero-order valence-corrected chi connectivity index (χ0v) is 11.5. The number of halogens is 1. The highest BCUT2D eigenvalue weighted by atomic mass is 19.1. The summed E-state index contributed by atoms with van der Waals surface area (Å²) in [5.41, 5.74) is 3.32. The molecule has 0 aliphatic heterocycles. The van der Waals surface area contributed by atoms with Crippen molar-refractivity contribution in [2.75, 3.05) is 12.4 Å². The van der Waals surface area contributed by atoms with Crippen LogP contribution in [0.1, 0.15) is 24.5 Å². The van der Waals surface area contributed by atoms with Gasteiger partial charge in [0.1, 0.15) is 18.0 Å². The Morgan fingerprint density at radius 1 is 1.26 bits per heavy atom. The molecule has 0 atom stereocenters. The number of nitrogens with zero attached hydrogens (tertiary/aromatic N) is 2. The Bertz CT molecular complexity index is 582. The number of aromatic nitrogens is 2. The predicted molar refractivity (Wildman–Crippen MR) is 75.7 cm³/mol. The second kappa shape index (κ2) is 5.78. The van der Waals surface area contributed by atoms with Crippen molar-refractivity contribution < 1.29 is 4.39 Å². The third-order valence-corrected chi connectivity index (χ3v) is 3.20. The van der Waals surface area contributed by atoms with Gasteiger partial charge in [-0.05, 0) is 25.0 Å². The summed E-state index contributed by atoms with van der Waals surface area (Å²) >= 11 is 0. The summed E-state index contributed by atoms with van der Waals surface area (Å²) in [5, 5.41) is 3.08. The fourth-order valence-electron chi connectivity index (χ4n) is 2.21. The summed E-state index contributed by atoms with van der Waals surface area (Å²) in [4.78, 5) is 8.60. The zero-order valence-electron chi connectivity index (χ0n) is 11.5. The molecule has 0 amide bonds. The maximum absolute atomic E-state index is 13.7. The van der Waals surface area contributed by atoms with Gasteiger partial charge in [-0.15, -0.1) is 0 Å². The smallest absolute Gasteiger partial charge is 0.132 e. The second-order valence-electron chi connectivity index (χ2n) is 4.46. The molecule has 2 rings (SSSR count). The van der Waals surface area contributed by atoms with Crippen molar-refractivity contribution in [3.8, 4) is 11.3 Å². The molecule has 1 aromatic heterocycles. The van der Waals surface area contributed by atoms with Gasteiger partial charge in [-0.2, -0.15) is 0 Å². The van der Waals surface area contributed by atoms with Crippen molar-refractivity contribution in [3.05, 3.63) is 41.5 Å². The average molecular weight is 259 g/mol. The van der Waals surface area contributed by atoms with Gasteiger partial charge in [0.15, 0.2) is 0 Å². The van der Waals surface area contributed by atoms with E-state index in [2.05, 4.69) is 22.2 Å². The molecule has 100 valence electrons. The minimum atomic E-state index is -0.204. The van der Waals surface area contributed by atoms with Gasteiger partial charge in [0, 0.05) is 18.2 Å². The highest BCUT2D eigenvalue weighted by Gasteiger charge is 2.14. The van der Waals surface area contributed by atoms with Crippen molar-refractivity contribution in [3.63, 3.8) is 0 Å². The minimum absolute atomic E-state index is 0.204. The van der Waals surface area contributed by atoms with Crippen molar-refractivity contribution in [1.82, 2.24) is 9.97 Å². The first-order chi connectivity index (χ1) is 9.19. The van der Waals surface area contributed by atoms with E-state index in [0.29, 0.717) is 5.56 Å². The number of hydrogen-bond donors (Lipinski definition) is 1. The highest BCUT2D eigenvalue weighted by Crippen LogP contribution is 2.29. The Hall–Kier alpha value is -1.97. The van der Waals surface area contributed by atoms with Crippen LogP contribution in [0, 0.1) is 12.7 Å². The monoisotopic (exact) mass is 259 g/mol. The number of anilines is 1. The topological polar surface area (TPSA) is 37.8 Å². The molecule has 2 aromatic rings. The van der Waals surface area contributed by atoms with E-state index in [0.717, 1.165) is 35.5 Å². The van der Waals surface area contributed by atoms with Gasteiger partial charge in [-0.3, -0.25) is 0 Å². The average Bonchev–Trinajstić information content (AvgIpc) is 2.43. The van der Waals surface area contributed by atoms with Crippen molar-refractivity contribution >= 4 is 5.82 Å². The SMILES string of the molecule is CCCc1c(NC)ncnc1-c1cccc(F)c1C. The molecule has 0 fully saturated rings. The quantitative estimate of drug-likeness (QED) is 0.911. The Morgan fingerprint density at radius 2 is 2.05 bits per heavy atom. The predicted octanol–water partition coefficient (Wildman–Crippen LogP) is 3.59. The van der Waals surface area contributed by atoms with E-state index in [1.54, 1.807) is 13.0 Å².